The number of nitrogens with one attached hydrogen (secondary N) is 3. The molecule has 0 aliphatic carbocycles. The van der Waals surface area contributed by atoms with Crippen molar-refractivity contribution >= 4 is 47.6 Å². The van der Waals surface area contributed by atoms with Crippen molar-refractivity contribution < 1.29 is 9.18 Å². The number of amides is 1. The van der Waals surface area contributed by atoms with E-state index in [1.54, 1.807) is 30.9 Å². The minimum absolute atomic E-state index is 0. The molecule has 26 heavy (non-hydrogen) atoms. The fourth-order valence-electron chi connectivity index (χ4n) is 2.03. The standard InChI is InChI=1S/C18H29FN4OS.HI/c1-5-21-17(23-13-18(2,3)16(24)20-4)22-11-6-12-25-15-9-7-14(19)8-10-15;/h7-10H,5-6,11-13H2,1-4H3,(H,20,24)(H2,21,22,23);1H. The van der Waals surface area contributed by atoms with Crippen molar-refractivity contribution in [2.24, 2.45) is 10.4 Å². The highest BCUT2D eigenvalue weighted by Gasteiger charge is 2.26. The van der Waals surface area contributed by atoms with E-state index in [-0.39, 0.29) is 35.7 Å². The predicted molar refractivity (Wildman–Crippen MR) is 119 cm³/mol. The minimum atomic E-state index is -0.546. The Morgan fingerprint density at radius 2 is 1.88 bits per heavy atom. The second-order valence-electron chi connectivity index (χ2n) is 6.24. The number of benzene rings is 1. The number of rotatable bonds is 9. The van der Waals surface area contributed by atoms with Gasteiger partial charge in [0.2, 0.25) is 5.91 Å². The van der Waals surface area contributed by atoms with Gasteiger partial charge in [0, 0.05) is 25.0 Å². The first kappa shape index (κ1) is 25.0. The van der Waals surface area contributed by atoms with Crippen LogP contribution in [0.5, 0.6) is 0 Å². The molecule has 148 valence electrons. The zero-order chi connectivity index (χ0) is 18.7. The molecule has 0 bridgehead atoms. The molecule has 0 unspecified atom stereocenters. The zero-order valence-electron chi connectivity index (χ0n) is 15.9. The van der Waals surface area contributed by atoms with Crippen molar-refractivity contribution in [3.63, 3.8) is 0 Å². The van der Waals surface area contributed by atoms with E-state index >= 15 is 0 Å². The number of aliphatic imine (C=N–C) groups is 1. The summed E-state index contributed by atoms with van der Waals surface area (Å²) >= 11 is 1.70. The molecule has 0 atom stereocenters. The van der Waals surface area contributed by atoms with Crippen LogP contribution in [0.15, 0.2) is 34.2 Å². The smallest absolute Gasteiger partial charge is 0.227 e. The number of hydrogen-bond donors (Lipinski definition) is 3. The molecule has 1 aromatic carbocycles. The summed E-state index contributed by atoms with van der Waals surface area (Å²) in [5.41, 5.74) is -0.546. The van der Waals surface area contributed by atoms with Crippen LogP contribution >= 0.6 is 35.7 Å². The Bertz CT molecular complexity index is 567. The van der Waals surface area contributed by atoms with Crippen LogP contribution in [0, 0.1) is 11.2 Å². The summed E-state index contributed by atoms with van der Waals surface area (Å²) in [7, 11) is 1.63. The van der Waals surface area contributed by atoms with E-state index in [4.69, 9.17) is 0 Å². The van der Waals surface area contributed by atoms with Gasteiger partial charge in [-0.1, -0.05) is 0 Å². The molecule has 0 aliphatic heterocycles. The third-order valence-electron chi connectivity index (χ3n) is 3.51. The molecular weight excluding hydrogens is 466 g/mol. The lowest BCUT2D eigenvalue weighted by Crippen LogP contribution is -2.41. The van der Waals surface area contributed by atoms with Crippen molar-refractivity contribution in [2.75, 3.05) is 32.4 Å². The van der Waals surface area contributed by atoms with E-state index in [1.165, 1.54) is 12.1 Å². The molecular formula is C18H30FIN4OS. The van der Waals surface area contributed by atoms with Gasteiger partial charge in [-0.25, -0.2) is 4.39 Å². The van der Waals surface area contributed by atoms with E-state index in [2.05, 4.69) is 20.9 Å². The summed E-state index contributed by atoms with van der Waals surface area (Å²) in [5, 5.41) is 9.13. The van der Waals surface area contributed by atoms with E-state index < -0.39 is 5.41 Å². The highest BCUT2D eigenvalue weighted by molar-refractivity contribution is 14.0. The molecule has 0 fully saturated rings. The molecule has 0 saturated heterocycles. The second kappa shape index (κ2) is 13.2. The van der Waals surface area contributed by atoms with Gasteiger partial charge in [-0.15, -0.1) is 35.7 Å². The van der Waals surface area contributed by atoms with Crippen LogP contribution in [-0.4, -0.2) is 44.3 Å². The minimum Gasteiger partial charge on any atom is -0.359 e. The lowest BCUT2D eigenvalue weighted by Gasteiger charge is -2.21. The van der Waals surface area contributed by atoms with Gasteiger partial charge in [-0.05, 0) is 57.2 Å². The maximum Gasteiger partial charge on any atom is 0.227 e. The molecule has 1 amide bonds. The van der Waals surface area contributed by atoms with Gasteiger partial charge in [0.1, 0.15) is 5.82 Å². The number of guanidine groups is 1. The van der Waals surface area contributed by atoms with Crippen LogP contribution in [0.4, 0.5) is 4.39 Å². The number of carbonyl (C=O) groups excluding carboxylic acids is 1. The Kier molecular flexibility index (Phi) is 12.7. The van der Waals surface area contributed by atoms with Gasteiger partial charge in [0.25, 0.3) is 0 Å². The molecule has 3 N–H and O–H groups in total. The second-order valence-corrected chi connectivity index (χ2v) is 7.41. The van der Waals surface area contributed by atoms with Crippen LogP contribution in [0.2, 0.25) is 0 Å². The number of thioether (sulfide) groups is 1. The van der Waals surface area contributed by atoms with Crippen molar-refractivity contribution in [3.8, 4) is 0 Å². The highest BCUT2D eigenvalue weighted by Crippen LogP contribution is 2.18. The fourth-order valence-corrected chi connectivity index (χ4v) is 2.88. The van der Waals surface area contributed by atoms with E-state index in [1.807, 2.05) is 20.8 Å². The highest BCUT2D eigenvalue weighted by atomic mass is 127. The quantitative estimate of drug-likeness (QED) is 0.162. The summed E-state index contributed by atoms with van der Waals surface area (Å²) in [6.45, 7) is 7.70. The molecule has 1 rings (SSSR count). The topological polar surface area (TPSA) is 65.5 Å². The summed E-state index contributed by atoms with van der Waals surface area (Å²) < 4.78 is 12.9. The Morgan fingerprint density at radius 3 is 2.46 bits per heavy atom. The fraction of sp³-hybridized carbons (Fsp3) is 0.556. The summed E-state index contributed by atoms with van der Waals surface area (Å²) in [4.78, 5) is 17.4. The Labute approximate surface area is 177 Å². The Morgan fingerprint density at radius 1 is 1.23 bits per heavy atom. The maximum atomic E-state index is 12.9. The van der Waals surface area contributed by atoms with Gasteiger partial charge in [0.05, 0.1) is 12.0 Å². The van der Waals surface area contributed by atoms with Gasteiger partial charge in [0.15, 0.2) is 5.96 Å². The lowest BCUT2D eigenvalue weighted by molar-refractivity contribution is -0.128. The number of hydrogen-bond acceptors (Lipinski definition) is 3. The molecule has 0 heterocycles. The average Bonchev–Trinajstić information content (AvgIpc) is 2.60. The van der Waals surface area contributed by atoms with Crippen molar-refractivity contribution in [1.29, 1.82) is 0 Å². The van der Waals surface area contributed by atoms with Gasteiger partial charge in [-0.3, -0.25) is 9.79 Å². The molecule has 8 heteroatoms. The van der Waals surface area contributed by atoms with Crippen molar-refractivity contribution in [1.82, 2.24) is 16.0 Å². The normalized spacial score (nSPS) is 11.5. The summed E-state index contributed by atoms with van der Waals surface area (Å²) in [6, 6.07) is 6.54. The average molecular weight is 496 g/mol. The van der Waals surface area contributed by atoms with Crippen LogP contribution in [0.25, 0.3) is 0 Å². The predicted octanol–water partition coefficient (Wildman–Crippen LogP) is 3.25. The summed E-state index contributed by atoms with van der Waals surface area (Å²) in [5.74, 6) is 1.41. The first-order valence-electron chi connectivity index (χ1n) is 8.51. The molecule has 5 nitrogen and oxygen atoms in total. The van der Waals surface area contributed by atoms with Crippen LogP contribution in [-0.2, 0) is 4.79 Å². The third kappa shape index (κ3) is 9.61. The first-order valence-corrected chi connectivity index (χ1v) is 9.50. The van der Waals surface area contributed by atoms with Gasteiger partial charge in [-0.2, -0.15) is 0 Å². The number of nitrogens with zero attached hydrogens (tertiary/aromatic N) is 1. The van der Waals surface area contributed by atoms with Crippen LogP contribution in [0.1, 0.15) is 27.2 Å². The first-order chi connectivity index (χ1) is 11.9. The maximum absolute atomic E-state index is 12.9. The largest absolute Gasteiger partial charge is 0.359 e. The SMILES string of the molecule is CCNC(=NCC(C)(C)C(=O)NC)NCCCSc1ccc(F)cc1.I. The molecule has 1 aromatic rings. The van der Waals surface area contributed by atoms with Crippen molar-refractivity contribution in [2.45, 2.75) is 32.1 Å². The number of halogens is 2. The Balaban J connectivity index is 0.00000625. The lowest BCUT2D eigenvalue weighted by atomic mass is 9.93. The van der Waals surface area contributed by atoms with E-state index in [0.717, 1.165) is 30.2 Å². The molecule has 0 saturated carbocycles. The van der Waals surface area contributed by atoms with Crippen LogP contribution < -0.4 is 16.0 Å². The third-order valence-corrected chi connectivity index (χ3v) is 4.61. The summed E-state index contributed by atoms with van der Waals surface area (Å²) in [6.07, 6.45) is 0.950. The van der Waals surface area contributed by atoms with Gasteiger partial charge < -0.3 is 16.0 Å². The van der Waals surface area contributed by atoms with Crippen molar-refractivity contribution in [3.05, 3.63) is 30.1 Å². The van der Waals surface area contributed by atoms with Crippen LogP contribution in [0.3, 0.4) is 0 Å². The van der Waals surface area contributed by atoms with E-state index in [0.29, 0.717) is 12.5 Å². The zero-order valence-corrected chi connectivity index (χ0v) is 19.0. The monoisotopic (exact) mass is 496 g/mol. The number of carbonyl (C=O) groups is 1. The molecule has 0 spiro atoms. The van der Waals surface area contributed by atoms with E-state index in [9.17, 15) is 9.18 Å². The molecule has 0 aliphatic rings. The molecule has 0 radical (unpaired) electrons. The Hall–Kier alpha value is -1.03. The van der Waals surface area contributed by atoms with Gasteiger partial charge >= 0.3 is 0 Å². The molecule has 0 aromatic heterocycles.